The van der Waals surface area contributed by atoms with Gasteiger partial charge in [-0.15, -0.1) is 0 Å². The van der Waals surface area contributed by atoms with Crippen molar-refractivity contribution in [1.82, 2.24) is 0 Å². The third-order valence-corrected chi connectivity index (χ3v) is 3.26. The average Bonchev–Trinajstić information content (AvgIpc) is 2.06. The van der Waals surface area contributed by atoms with E-state index in [9.17, 15) is 0 Å². The fourth-order valence-electron chi connectivity index (χ4n) is 1.27. The fourth-order valence-corrected chi connectivity index (χ4v) is 1.60. The largest absolute Gasteiger partial charge is 0.482 e. The Kier molecular flexibility index (Phi) is 1.95. The van der Waals surface area contributed by atoms with E-state index < -0.39 is 0 Å². The van der Waals surface area contributed by atoms with E-state index in [0.29, 0.717) is 0 Å². The molecule has 1 radical (unpaired) electrons. The first-order chi connectivity index (χ1) is 6.09. The second kappa shape index (κ2) is 2.88. The zero-order valence-corrected chi connectivity index (χ0v) is 9.18. The van der Waals surface area contributed by atoms with Crippen LogP contribution in [0.1, 0.15) is 19.4 Å². The summed E-state index contributed by atoms with van der Waals surface area (Å²) in [6.07, 6.45) is 2.09. The second-order valence-corrected chi connectivity index (χ2v) is 4.42. The van der Waals surface area contributed by atoms with E-state index in [1.165, 1.54) is 0 Å². The SMILES string of the molecule is CC1(C)Oc2c[c]ccc2C=C1Br. The van der Waals surface area contributed by atoms with Crippen molar-refractivity contribution in [2.24, 2.45) is 0 Å². The molecule has 1 nitrogen and oxygen atoms in total. The Balaban J connectivity index is 2.53. The van der Waals surface area contributed by atoms with Gasteiger partial charge in [0.25, 0.3) is 0 Å². The van der Waals surface area contributed by atoms with E-state index in [1.807, 2.05) is 32.0 Å². The standard InChI is InChI=1S/C11H10BrO/c1-11(2)10(12)7-8-5-3-4-6-9(8)13-11/h3,5-7H,1-2H3. The van der Waals surface area contributed by atoms with Crippen molar-refractivity contribution in [2.45, 2.75) is 19.4 Å². The topological polar surface area (TPSA) is 9.23 Å². The predicted molar refractivity (Wildman–Crippen MR) is 56.9 cm³/mol. The number of benzene rings is 1. The van der Waals surface area contributed by atoms with Gasteiger partial charge in [0.15, 0.2) is 0 Å². The van der Waals surface area contributed by atoms with Crippen LogP contribution in [0.15, 0.2) is 22.7 Å². The normalized spacial score (nSPS) is 18.5. The van der Waals surface area contributed by atoms with E-state index in [4.69, 9.17) is 4.74 Å². The average molecular weight is 238 g/mol. The highest BCUT2D eigenvalue weighted by molar-refractivity contribution is 9.11. The maximum atomic E-state index is 5.79. The number of hydrogen-bond donors (Lipinski definition) is 0. The summed E-state index contributed by atoms with van der Waals surface area (Å²) < 4.78 is 6.85. The molecule has 13 heavy (non-hydrogen) atoms. The highest BCUT2D eigenvalue weighted by Gasteiger charge is 2.28. The Bertz CT molecular complexity index is 366. The van der Waals surface area contributed by atoms with Crippen LogP contribution in [-0.2, 0) is 0 Å². The smallest absolute Gasteiger partial charge is 0.135 e. The van der Waals surface area contributed by atoms with Crippen LogP contribution in [-0.4, -0.2) is 5.60 Å². The van der Waals surface area contributed by atoms with Gasteiger partial charge >= 0.3 is 0 Å². The third-order valence-electron chi connectivity index (χ3n) is 2.08. The molecule has 1 aliphatic rings. The fraction of sp³-hybridized carbons (Fsp3) is 0.273. The maximum Gasteiger partial charge on any atom is 0.135 e. The summed E-state index contributed by atoms with van der Waals surface area (Å²) in [4.78, 5) is 0. The van der Waals surface area contributed by atoms with Crippen LogP contribution >= 0.6 is 15.9 Å². The number of rotatable bonds is 0. The van der Waals surface area contributed by atoms with E-state index in [2.05, 4.69) is 28.1 Å². The van der Waals surface area contributed by atoms with Crippen LogP contribution in [0.2, 0.25) is 0 Å². The van der Waals surface area contributed by atoms with Crippen molar-refractivity contribution >= 4 is 22.0 Å². The molecule has 1 aromatic rings. The Hall–Kier alpha value is -0.760. The molecule has 0 spiro atoms. The quantitative estimate of drug-likeness (QED) is 0.673. The van der Waals surface area contributed by atoms with E-state index in [-0.39, 0.29) is 5.60 Å². The zero-order chi connectivity index (χ0) is 9.47. The maximum absolute atomic E-state index is 5.79. The van der Waals surface area contributed by atoms with Gasteiger partial charge in [-0.05, 0) is 32.1 Å². The summed E-state index contributed by atoms with van der Waals surface area (Å²) in [7, 11) is 0. The van der Waals surface area contributed by atoms with Crippen molar-refractivity contribution in [3.05, 3.63) is 34.3 Å². The van der Waals surface area contributed by atoms with Crippen molar-refractivity contribution in [3.63, 3.8) is 0 Å². The Morgan fingerprint density at radius 2 is 2.23 bits per heavy atom. The van der Waals surface area contributed by atoms with Crippen LogP contribution in [0, 0.1) is 6.07 Å². The van der Waals surface area contributed by atoms with Crippen LogP contribution in [0.3, 0.4) is 0 Å². The van der Waals surface area contributed by atoms with Crippen molar-refractivity contribution in [1.29, 1.82) is 0 Å². The molecule has 2 rings (SSSR count). The molecule has 0 N–H and O–H groups in total. The summed E-state index contributed by atoms with van der Waals surface area (Å²) in [6.45, 7) is 4.06. The van der Waals surface area contributed by atoms with E-state index in [0.717, 1.165) is 15.8 Å². The molecule has 0 fully saturated rings. The van der Waals surface area contributed by atoms with E-state index in [1.54, 1.807) is 0 Å². The Morgan fingerprint density at radius 3 is 3.00 bits per heavy atom. The highest BCUT2D eigenvalue weighted by atomic mass is 79.9. The van der Waals surface area contributed by atoms with Gasteiger partial charge in [0.05, 0.1) is 0 Å². The molecular formula is C11H10BrO. The molecule has 0 aliphatic carbocycles. The van der Waals surface area contributed by atoms with Crippen LogP contribution in [0.25, 0.3) is 6.08 Å². The van der Waals surface area contributed by atoms with Gasteiger partial charge in [0.1, 0.15) is 11.4 Å². The van der Waals surface area contributed by atoms with Crippen LogP contribution in [0.4, 0.5) is 0 Å². The summed E-state index contributed by atoms with van der Waals surface area (Å²) in [5, 5.41) is 0. The minimum absolute atomic E-state index is 0.262. The van der Waals surface area contributed by atoms with Gasteiger partial charge < -0.3 is 4.74 Å². The van der Waals surface area contributed by atoms with Gasteiger partial charge in [-0.3, -0.25) is 0 Å². The summed E-state index contributed by atoms with van der Waals surface area (Å²) in [5.41, 5.74) is 0.840. The molecule has 0 unspecified atom stereocenters. The van der Waals surface area contributed by atoms with Gasteiger partial charge in [-0.1, -0.05) is 28.1 Å². The van der Waals surface area contributed by atoms with Crippen LogP contribution in [0.5, 0.6) is 5.75 Å². The van der Waals surface area contributed by atoms with Crippen molar-refractivity contribution in [2.75, 3.05) is 0 Å². The first-order valence-corrected chi connectivity index (χ1v) is 4.96. The Labute approximate surface area is 86.5 Å². The minimum atomic E-state index is -0.262. The lowest BCUT2D eigenvalue weighted by Gasteiger charge is -2.30. The molecule has 0 amide bonds. The highest BCUT2D eigenvalue weighted by Crippen LogP contribution is 2.37. The molecule has 0 saturated heterocycles. The van der Waals surface area contributed by atoms with Gasteiger partial charge in [0.2, 0.25) is 0 Å². The molecule has 2 heteroatoms. The number of hydrogen-bond acceptors (Lipinski definition) is 1. The lowest BCUT2D eigenvalue weighted by atomic mass is 10.0. The molecule has 0 aromatic heterocycles. The van der Waals surface area contributed by atoms with Crippen LogP contribution < -0.4 is 4.74 Å². The molecular weight excluding hydrogens is 228 g/mol. The number of halogens is 1. The lowest BCUT2D eigenvalue weighted by molar-refractivity contribution is 0.155. The molecule has 0 bridgehead atoms. The molecule has 0 saturated carbocycles. The van der Waals surface area contributed by atoms with E-state index >= 15 is 0 Å². The predicted octanol–water partition coefficient (Wildman–Crippen LogP) is 3.39. The number of ether oxygens (including phenoxy) is 1. The molecule has 1 heterocycles. The monoisotopic (exact) mass is 237 g/mol. The summed E-state index contributed by atoms with van der Waals surface area (Å²) in [6, 6.07) is 8.75. The van der Waals surface area contributed by atoms with Gasteiger partial charge in [-0.2, -0.15) is 0 Å². The molecule has 67 valence electrons. The first kappa shape index (κ1) is 8.82. The summed E-state index contributed by atoms with van der Waals surface area (Å²) in [5.74, 6) is 0.899. The molecule has 1 aromatic carbocycles. The van der Waals surface area contributed by atoms with Gasteiger partial charge in [0, 0.05) is 10.0 Å². The number of fused-ring (bicyclic) bond motifs is 1. The second-order valence-electron chi connectivity index (χ2n) is 3.57. The van der Waals surface area contributed by atoms with Gasteiger partial charge in [-0.25, -0.2) is 0 Å². The summed E-state index contributed by atoms with van der Waals surface area (Å²) >= 11 is 3.51. The van der Waals surface area contributed by atoms with Crippen molar-refractivity contribution in [3.8, 4) is 5.75 Å². The molecule has 0 atom stereocenters. The zero-order valence-electron chi connectivity index (χ0n) is 7.60. The lowest BCUT2D eigenvalue weighted by Crippen LogP contribution is -2.30. The minimum Gasteiger partial charge on any atom is -0.482 e. The first-order valence-electron chi connectivity index (χ1n) is 4.16. The third kappa shape index (κ3) is 1.51. The van der Waals surface area contributed by atoms with Crippen molar-refractivity contribution < 1.29 is 4.74 Å². The Morgan fingerprint density at radius 1 is 1.46 bits per heavy atom. The molecule has 1 aliphatic heterocycles.